The van der Waals surface area contributed by atoms with Crippen LogP contribution in [0, 0.1) is 11.6 Å². The van der Waals surface area contributed by atoms with E-state index in [1.807, 2.05) is 0 Å². The summed E-state index contributed by atoms with van der Waals surface area (Å²) in [6.07, 6.45) is 1.36. The second-order valence-electron chi connectivity index (χ2n) is 3.20. The number of benzene rings is 1. The van der Waals surface area contributed by atoms with Gasteiger partial charge in [0.05, 0.1) is 5.69 Å². The van der Waals surface area contributed by atoms with Crippen LogP contribution in [0.1, 0.15) is 17.4 Å². The monoisotopic (exact) mass is 222 g/mol. The molecule has 2 rings (SSSR count). The van der Waals surface area contributed by atoms with E-state index in [1.165, 1.54) is 18.6 Å². The van der Waals surface area contributed by atoms with Crippen LogP contribution in [0.15, 0.2) is 36.8 Å². The predicted molar refractivity (Wildman–Crippen MR) is 52.5 cm³/mol. The summed E-state index contributed by atoms with van der Waals surface area (Å²) in [6.45, 7) is 0. The smallest absolute Gasteiger partial charge is 0.129 e. The minimum absolute atomic E-state index is 0.140. The van der Waals surface area contributed by atoms with Gasteiger partial charge < -0.3 is 5.11 Å². The van der Waals surface area contributed by atoms with Crippen LogP contribution in [0.4, 0.5) is 8.78 Å². The summed E-state index contributed by atoms with van der Waals surface area (Å²) in [5.41, 5.74) is 0.0817. The highest BCUT2D eigenvalue weighted by molar-refractivity contribution is 5.26. The summed E-state index contributed by atoms with van der Waals surface area (Å²) < 4.78 is 26.2. The first-order valence-corrected chi connectivity index (χ1v) is 4.57. The maximum atomic E-state index is 13.3. The second-order valence-corrected chi connectivity index (χ2v) is 3.20. The SMILES string of the molecule is OC(c1ccncn1)c1cc(F)ccc1F. The Morgan fingerprint density at radius 2 is 2.00 bits per heavy atom. The number of hydrogen-bond acceptors (Lipinski definition) is 3. The zero-order chi connectivity index (χ0) is 11.5. The summed E-state index contributed by atoms with van der Waals surface area (Å²) in [5, 5.41) is 9.80. The molecule has 1 unspecified atom stereocenters. The number of aliphatic hydroxyl groups excluding tert-OH is 1. The average Bonchev–Trinajstić information content (AvgIpc) is 2.32. The van der Waals surface area contributed by atoms with Crippen molar-refractivity contribution in [2.45, 2.75) is 6.10 Å². The van der Waals surface area contributed by atoms with Gasteiger partial charge in [0.25, 0.3) is 0 Å². The largest absolute Gasteiger partial charge is 0.382 e. The summed E-state index contributed by atoms with van der Waals surface area (Å²) >= 11 is 0. The molecule has 82 valence electrons. The normalized spacial score (nSPS) is 12.4. The van der Waals surface area contributed by atoms with Gasteiger partial charge in [-0.1, -0.05) is 0 Å². The molecule has 1 aromatic carbocycles. The number of hydrogen-bond donors (Lipinski definition) is 1. The molecular formula is C11H8F2N2O. The molecule has 0 radical (unpaired) electrons. The minimum Gasteiger partial charge on any atom is -0.382 e. The van der Waals surface area contributed by atoms with Crippen molar-refractivity contribution >= 4 is 0 Å². The Hall–Kier alpha value is -1.88. The molecule has 5 heteroatoms. The van der Waals surface area contributed by atoms with Gasteiger partial charge in [0.2, 0.25) is 0 Å². The van der Waals surface area contributed by atoms with Crippen LogP contribution < -0.4 is 0 Å². The molecule has 0 bridgehead atoms. The van der Waals surface area contributed by atoms with Crippen molar-refractivity contribution in [1.82, 2.24) is 9.97 Å². The van der Waals surface area contributed by atoms with Gasteiger partial charge in [0.1, 0.15) is 24.1 Å². The zero-order valence-corrected chi connectivity index (χ0v) is 8.14. The number of aliphatic hydroxyl groups is 1. The van der Waals surface area contributed by atoms with Gasteiger partial charge >= 0.3 is 0 Å². The van der Waals surface area contributed by atoms with Crippen LogP contribution in [0.25, 0.3) is 0 Å². The molecule has 0 fully saturated rings. The van der Waals surface area contributed by atoms with E-state index in [0.29, 0.717) is 0 Å². The lowest BCUT2D eigenvalue weighted by Crippen LogP contribution is -2.05. The van der Waals surface area contributed by atoms with E-state index in [2.05, 4.69) is 9.97 Å². The van der Waals surface area contributed by atoms with Gasteiger partial charge in [-0.15, -0.1) is 0 Å². The Balaban J connectivity index is 2.41. The Labute approximate surface area is 90.4 Å². The van der Waals surface area contributed by atoms with E-state index in [1.54, 1.807) is 0 Å². The molecule has 0 aliphatic rings. The van der Waals surface area contributed by atoms with Gasteiger partial charge in [-0.05, 0) is 24.3 Å². The molecule has 1 aromatic heterocycles. The standard InChI is InChI=1S/C11H8F2N2O/c12-7-1-2-9(13)8(5-7)11(16)10-3-4-14-6-15-10/h1-6,11,16H. The van der Waals surface area contributed by atoms with Crippen molar-refractivity contribution in [3.8, 4) is 0 Å². The molecule has 0 saturated carbocycles. The van der Waals surface area contributed by atoms with Crippen molar-refractivity contribution in [2.75, 3.05) is 0 Å². The third-order valence-corrected chi connectivity index (χ3v) is 2.14. The quantitative estimate of drug-likeness (QED) is 0.843. The first-order chi connectivity index (χ1) is 7.68. The Kier molecular flexibility index (Phi) is 2.87. The van der Waals surface area contributed by atoms with Crippen LogP contribution in [0.5, 0.6) is 0 Å². The summed E-state index contributed by atoms with van der Waals surface area (Å²) in [6, 6.07) is 4.34. The summed E-state index contributed by atoms with van der Waals surface area (Å²) in [7, 11) is 0. The van der Waals surface area contributed by atoms with Crippen molar-refractivity contribution in [3.05, 3.63) is 59.7 Å². The van der Waals surface area contributed by atoms with Crippen molar-refractivity contribution < 1.29 is 13.9 Å². The van der Waals surface area contributed by atoms with E-state index >= 15 is 0 Å². The maximum absolute atomic E-state index is 13.3. The molecule has 2 aromatic rings. The second kappa shape index (κ2) is 4.32. The molecule has 1 N–H and O–H groups in total. The van der Waals surface area contributed by atoms with Crippen molar-refractivity contribution in [2.24, 2.45) is 0 Å². The first-order valence-electron chi connectivity index (χ1n) is 4.57. The van der Waals surface area contributed by atoms with E-state index in [0.717, 1.165) is 18.2 Å². The number of rotatable bonds is 2. The van der Waals surface area contributed by atoms with Crippen LogP contribution in [0.2, 0.25) is 0 Å². The summed E-state index contributed by atoms with van der Waals surface area (Å²) in [5.74, 6) is -1.28. The first kappa shape index (κ1) is 10.6. The fourth-order valence-electron chi connectivity index (χ4n) is 1.35. The molecular weight excluding hydrogens is 214 g/mol. The van der Waals surface area contributed by atoms with Crippen LogP contribution in [-0.4, -0.2) is 15.1 Å². The number of nitrogens with zero attached hydrogens (tertiary/aromatic N) is 2. The van der Waals surface area contributed by atoms with E-state index in [4.69, 9.17) is 0 Å². The lowest BCUT2D eigenvalue weighted by atomic mass is 10.1. The van der Waals surface area contributed by atoms with Crippen molar-refractivity contribution in [3.63, 3.8) is 0 Å². The fraction of sp³-hybridized carbons (Fsp3) is 0.0909. The van der Waals surface area contributed by atoms with Gasteiger partial charge in [0, 0.05) is 11.8 Å². The molecule has 16 heavy (non-hydrogen) atoms. The van der Waals surface area contributed by atoms with E-state index in [9.17, 15) is 13.9 Å². The summed E-state index contributed by atoms with van der Waals surface area (Å²) in [4.78, 5) is 7.45. The highest BCUT2D eigenvalue weighted by Crippen LogP contribution is 2.22. The lowest BCUT2D eigenvalue weighted by molar-refractivity contribution is 0.209. The highest BCUT2D eigenvalue weighted by atomic mass is 19.1. The minimum atomic E-state index is -1.29. The van der Waals surface area contributed by atoms with E-state index in [-0.39, 0.29) is 11.3 Å². The highest BCUT2D eigenvalue weighted by Gasteiger charge is 2.16. The molecule has 1 atom stereocenters. The van der Waals surface area contributed by atoms with Crippen LogP contribution >= 0.6 is 0 Å². The van der Waals surface area contributed by atoms with Crippen LogP contribution in [0.3, 0.4) is 0 Å². The molecule has 0 aliphatic heterocycles. The zero-order valence-electron chi connectivity index (χ0n) is 8.14. The van der Waals surface area contributed by atoms with E-state index < -0.39 is 17.7 Å². The Morgan fingerprint density at radius 1 is 1.19 bits per heavy atom. The van der Waals surface area contributed by atoms with Gasteiger partial charge in [-0.3, -0.25) is 0 Å². The third kappa shape index (κ3) is 2.04. The molecule has 0 saturated heterocycles. The fourth-order valence-corrected chi connectivity index (χ4v) is 1.35. The number of halogens is 2. The lowest BCUT2D eigenvalue weighted by Gasteiger charge is -2.10. The molecule has 3 nitrogen and oxygen atoms in total. The van der Waals surface area contributed by atoms with Gasteiger partial charge in [-0.25, -0.2) is 18.7 Å². The number of aromatic nitrogens is 2. The Bertz CT molecular complexity index is 491. The van der Waals surface area contributed by atoms with Crippen molar-refractivity contribution in [1.29, 1.82) is 0 Å². The predicted octanol–water partition coefficient (Wildman–Crippen LogP) is 1.84. The van der Waals surface area contributed by atoms with Crippen LogP contribution in [-0.2, 0) is 0 Å². The average molecular weight is 222 g/mol. The molecule has 0 spiro atoms. The Morgan fingerprint density at radius 3 is 2.69 bits per heavy atom. The maximum Gasteiger partial charge on any atom is 0.129 e. The molecule has 0 amide bonds. The molecule has 0 aliphatic carbocycles. The third-order valence-electron chi connectivity index (χ3n) is 2.14. The van der Waals surface area contributed by atoms with Gasteiger partial charge in [0.15, 0.2) is 0 Å². The molecule has 1 heterocycles. The van der Waals surface area contributed by atoms with Gasteiger partial charge in [-0.2, -0.15) is 0 Å². The topological polar surface area (TPSA) is 46.0 Å².